The van der Waals surface area contributed by atoms with Crippen LogP contribution in [0, 0.1) is 0 Å². The molecule has 2 heterocycles. The van der Waals surface area contributed by atoms with Crippen molar-refractivity contribution in [1.29, 1.82) is 0 Å². The van der Waals surface area contributed by atoms with Crippen molar-refractivity contribution in [2.24, 2.45) is 0 Å². The van der Waals surface area contributed by atoms with Crippen molar-refractivity contribution in [2.45, 2.75) is 13.0 Å². The van der Waals surface area contributed by atoms with E-state index in [1.54, 1.807) is 10.9 Å². The van der Waals surface area contributed by atoms with Crippen LogP contribution in [0.25, 0.3) is 0 Å². The van der Waals surface area contributed by atoms with Crippen LogP contribution in [0.3, 0.4) is 0 Å². The molecule has 94 valence electrons. The largest absolute Gasteiger partial charge is 0.481 e. The van der Waals surface area contributed by atoms with Crippen LogP contribution in [0.5, 0.6) is 0 Å². The summed E-state index contributed by atoms with van der Waals surface area (Å²) in [6, 6.07) is 0. The maximum absolute atomic E-state index is 10.5. The maximum Gasteiger partial charge on any atom is 0.309 e. The van der Waals surface area contributed by atoms with Crippen LogP contribution in [0.2, 0.25) is 0 Å². The van der Waals surface area contributed by atoms with Gasteiger partial charge < -0.3 is 9.84 Å². The molecule has 1 saturated heterocycles. The Balaban J connectivity index is 1.78. The molecule has 7 heteroatoms. The fraction of sp³-hybridized carbons (Fsp3) is 0.700. The van der Waals surface area contributed by atoms with Crippen molar-refractivity contribution in [3.63, 3.8) is 0 Å². The highest BCUT2D eigenvalue weighted by Crippen LogP contribution is 1.99. The minimum absolute atomic E-state index is 0.0719. The molecule has 0 radical (unpaired) electrons. The second-order valence-corrected chi connectivity index (χ2v) is 4.00. The Morgan fingerprint density at radius 1 is 1.41 bits per heavy atom. The van der Waals surface area contributed by atoms with Crippen LogP contribution in [0.1, 0.15) is 5.69 Å². The Morgan fingerprint density at radius 3 is 2.88 bits per heavy atom. The number of carboxylic acids is 1. The van der Waals surface area contributed by atoms with E-state index in [-0.39, 0.29) is 6.42 Å². The van der Waals surface area contributed by atoms with Gasteiger partial charge in [0, 0.05) is 25.8 Å². The van der Waals surface area contributed by atoms with Gasteiger partial charge in [-0.05, 0) is 0 Å². The first-order valence-corrected chi connectivity index (χ1v) is 5.65. The van der Waals surface area contributed by atoms with Gasteiger partial charge in [-0.1, -0.05) is 5.21 Å². The molecule has 7 nitrogen and oxygen atoms in total. The summed E-state index contributed by atoms with van der Waals surface area (Å²) in [6.45, 7) is 5.06. The number of carboxylic acid groups (broad SMARTS) is 1. The molecule has 17 heavy (non-hydrogen) atoms. The van der Waals surface area contributed by atoms with E-state index in [0.717, 1.165) is 39.4 Å². The van der Waals surface area contributed by atoms with Gasteiger partial charge in [0.1, 0.15) is 0 Å². The number of nitrogens with zero attached hydrogens (tertiary/aromatic N) is 4. The van der Waals surface area contributed by atoms with Crippen molar-refractivity contribution in [2.75, 3.05) is 32.8 Å². The highest BCUT2D eigenvalue weighted by atomic mass is 16.5. The molecule has 0 spiro atoms. The molecule has 1 N–H and O–H groups in total. The lowest BCUT2D eigenvalue weighted by atomic mass is 10.3. The van der Waals surface area contributed by atoms with Crippen LogP contribution in [-0.4, -0.2) is 63.8 Å². The quantitative estimate of drug-likeness (QED) is 0.728. The number of ether oxygens (including phenoxy) is 1. The molecule has 1 aromatic heterocycles. The molecule has 0 atom stereocenters. The number of aliphatic carboxylic acids is 1. The molecule has 2 rings (SSSR count). The Hall–Kier alpha value is -1.47. The van der Waals surface area contributed by atoms with Crippen LogP contribution in [-0.2, 0) is 22.5 Å². The highest BCUT2D eigenvalue weighted by molar-refractivity contribution is 5.69. The zero-order valence-electron chi connectivity index (χ0n) is 9.58. The fourth-order valence-electron chi connectivity index (χ4n) is 1.75. The Kier molecular flexibility index (Phi) is 4.05. The molecule has 1 aliphatic heterocycles. The Labute approximate surface area is 99.0 Å². The third-order valence-electron chi connectivity index (χ3n) is 2.67. The molecular formula is C10H16N4O3. The van der Waals surface area contributed by atoms with E-state index >= 15 is 0 Å². The summed E-state index contributed by atoms with van der Waals surface area (Å²) in [7, 11) is 0. The number of carbonyl (C=O) groups is 1. The Bertz CT molecular complexity index is 373. The number of rotatable bonds is 5. The summed E-state index contributed by atoms with van der Waals surface area (Å²) in [5.74, 6) is -0.884. The van der Waals surface area contributed by atoms with Gasteiger partial charge in [0.05, 0.1) is 31.9 Å². The number of hydrogen-bond acceptors (Lipinski definition) is 5. The van der Waals surface area contributed by atoms with E-state index in [4.69, 9.17) is 9.84 Å². The van der Waals surface area contributed by atoms with Crippen molar-refractivity contribution in [3.05, 3.63) is 11.9 Å². The van der Waals surface area contributed by atoms with Gasteiger partial charge >= 0.3 is 5.97 Å². The molecule has 0 aromatic carbocycles. The topological polar surface area (TPSA) is 80.5 Å². The summed E-state index contributed by atoms with van der Waals surface area (Å²) >= 11 is 0. The molecule has 0 aliphatic carbocycles. The molecule has 1 fully saturated rings. The van der Waals surface area contributed by atoms with Crippen LogP contribution >= 0.6 is 0 Å². The fourth-order valence-corrected chi connectivity index (χ4v) is 1.75. The second-order valence-electron chi connectivity index (χ2n) is 4.00. The zero-order chi connectivity index (χ0) is 12.1. The summed E-state index contributed by atoms with van der Waals surface area (Å²) < 4.78 is 6.95. The number of morpholine rings is 1. The van der Waals surface area contributed by atoms with E-state index in [9.17, 15) is 4.79 Å². The number of aromatic nitrogens is 3. The first-order valence-electron chi connectivity index (χ1n) is 5.65. The summed E-state index contributed by atoms with van der Waals surface area (Å²) in [5, 5.41) is 16.3. The van der Waals surface area contributed by atoms with Crippen molar-refractivity contribution >= 4 is 5.97 Å². The number of hydrogen-bond donors (Lipinski definition) is 1. The highest BCUT2D eigenvalue weighted by Gasteiger charge is 2.11. The average molecular weight is 240 g/mol. The SMILES string of the molecule is O=C(O)Cc1cn(CCN2CCOCC2)nn1. The van der Waals surface area contributed by atoms with E-state index < -0.39 is 5.97 Å². The van der Waals surface area contributed by atoms with Gasteiger partial charge in [-0.25, -0.2) is 0 Å². The van der Waals surface area contributed by atoms with Gasteiger partial charge in [0.25, 0.3) is 0 Å². The van der Waals surface area contributed by atoms with E-state index in [1.165, 1.54) is 0 Å². The summed E-state index contributed by atoms with van der Waals surface area (Å²) in [4.78, 5) is 12.8. The molecule has 0 saturated carbocycles. The smallest absolute Gasteiger partial charge is 0.309 e. The third kappa shape index (κ3) is 3.79. The average Bonchev–Trinajstić information content (AvgIpc) is 2.75. The molecule has 0 amide bonds. The lowest BCUT2D eigenvalue weighted by Crippen LogP contribution is -2.38. The lowest BCUT2D eigenvalue weighted by Gasteiger charge is -2.26. The molecule has 0 bridgehead atoms. The zero-order valence-corrected chi connectivity index (χ0v) is 9.58. The van der Waals surface area contributed by atoms with Gasteiger partial charge in [-0.15, -0.1) is 5.10 Å². The van der Waals surface area contributed by atoms with Crippen molar-refractivity contribution in [1.82, 2.24) is 19.9 Å². The van der Waals surface area contributed by atoms with E-state index in [0.29, 0.717) is 5.69 Å². The standard InChI is InChI=1S/C10H16N4O3/c15-10(16)7-9-8-14(12-11-9)2-1-13-3-5-17-6-4-13/h8H,1-7H2,(H,15,16). The van der Waals surface area contributed by atoms with Gasteiger partial charge in [-0.3, -0.25) is 14.4 Å². The van der Waals surface area contributed by atoms with Gasteiger partial charge in [0.2, 0.25) is 0 Å². The maximum atomic E-state index is 10.5. The molecule has 1 aromatic rings. The molecular weight excluding hydrogens is 224 g/mol. The van der Waals surface area contributed by atoms with E-state index in [2.05, 4.69) is 15.2 Å². The monoisotopic (exact) mass is 240 g/mol. The van der Waals surface area contributed by atoms with Crippen molar-refractivity contribution in [3.8, 4) is 0 Å². The first kappa shape index (κ1) is 12.0. The Morgan fingerprint density at radius 2 is 2.18 bits per heavy atom. The van der Waals surface area contributed by atoms with Crippen LogP contribution < -0.4 is 0 Å². The predicted octanol–water partition coefficient (Wildman–Crippen LogP) is -0.763. The van der Waals surface area contributed by atoms with Crippen molar-refractivity contribution < 1.29 is 14.6 Å². The lowest BCUT2D eigenvalue weighted by molar-refractivity contribution is -0.136. The van der Waals surface area contributed by atoms with Gasteiger partial charge in [-0.2, -0.15) is 0 Å². The normalized spacial score (nSPS) is 17.2. The van der Waals surface area contributed by atoms with Crippen LogP contribution in [0.15, 0.2) is 6.20 Å². The summed E-state index contributed by atoms with van der Waals surface area (Å²) in [5.41, 5.74) is 0.500. The van der Waals surface area contributed by atoms with Gasteiger partial charge in [0.15, 0.2) is 0 Å². The molecule has 1 aliphatic rings. The first-order chi connectivity index (χ1) is 8.24. The second kappa shape index (κ2) is 5.74. The summed E-state index contributed by atoms with van der Waals surface area (Å²) in [6.07, 6.45) is 1.62. The predicted molar refractivity (Wildman–Crippen MR) is 58.6 cm³/mol. The van der Waals surface area contributed by atoms with Crippen LogP contribution in [0.4, 0.5) is 0 Å². The minimum Gasteiger partial charge on any atom is -0.481 e. The minimum atomic E-state index is -0.884. The molecule has 0 unspecified atom stereocenters. The third-order valence-corrected chi connectivity index (χ3v) is 2.67. The van der Waals surface area contributed by atoms with E-state index in [1.807, 2.05) is 0 Å².